The number of rotatable bonds is 4. The second-order valence-electron chi connectivity index (χ2n) is 6.89. The molecule has 0 bridgehead atoms. The third-order valence-corrected chi connectivity index (χ3v) is 5.22. The standard InChI is InChI=1S/C20H24N4O2/c1-15-19-22-12-17(14-26-18-8-5-9-21-13-18)24(19)11-10-23(15)20(25)16-6-3-2-4-7-16/h5-6,8-9,12-13,15H,2-4,7,10-11,14H2,1H3/t15-/m0/s1. The van der Waals surface area contributed by atoms with E-state index in [0.717, 1.165) is 48.6 Å². The predicted octanol–water partition coefficient (Wildman–Crippen LogP) is 3.26. The van der Waals surface area contributed by atoms with Gasteiger partial charge in [-0.15, -0.1) is 0 Å². The van der Waals surface area contributed by atoms with E-state index in [9.17, 15) is 4.79 Å². The van der Waals surface area contributed by atoms with Crippen LogP contribution in [-0.4, -0.2) is 31.9 Å². The molecule has 6 heteroatoms. The molecule has 2 aromatic heterocycles. The van der Waals surface area contributed by atoms with Gasteiger partial charge in [0.05, 0.1) is 24.1 Å². The molecule has 4 rings (SSSR count). The number of carbonyl (C=O) groups is 1. The first-order chi connectivity index (χ1) is 12.7. The molecule has 2 aliphatic rings. The van der Waals surface area contributed by atoms with E-state index in [1.54, 1.807) is 12.4 Å². The maximum Gasteiger partial charge on any atom is 0.250 e. The molecule has 0 saturated heterocycles. The molecule has 3 heterocycles. The zero-order valence-electron chi connectivity index (χ0n) is 15.1. The minimum atomic E-state index is -0.0220. The van der Waals surface area contributed by atoms with Gasteiger partial charge in [0.25, 0.3) is 0 Å². The molecule has 0 fully saturated rings. The average Bonchev–Trinajstić information content (AvgIpc) is 3.12. The van der Waals surface area contributed by atoms with Gasteiger partial charge in [-0.1, -0.05) is 6.08 Å². The molecule has 0 N–H and O–H groups in total. The van der Waals surface area contributed by atoms with Crippen molar-refractivity contribution in [1.29, 1.82) is 0 Å². The highest BCUT2D eigenvalue weighted by molar-refractivity contribution is 5.93. The minimum absolute atomic E-state index is 0.0220. The van der Waals surface area contributed by atoms with E-state index in [4.69, 9.17) is 4.74 Å². The van der Waals surface area contributed by atoms with Crippen LogP contribution in [0.3, 0.4) is 0 Å². The van der Waals surface area contributed by atoms with Crippen molar-refractivity contribution in [3.05, 3.63) is 53.9 Å². The fourth-order valence-electron chi connectivity index (χ4n) is 3.76. The lowest BCUT2D eigenvalue weighted by molar-refractivity contribution is -0.130. The van der Waals surface area contributed by atoms with Gasteiger partial charge in [0.1, 0.15) is 18.2 Å². The molecule has 136 valence electrons. The molecule has 1 aliphatic heterocycles. The second kappa shape index (κ2) is 7.32. The van der Waals surface area contributed by atoms with Crippen LogP contribution in [0.25, 0.3) is 0 Å². The summed E-state index contributed by atoms with van der Waals surface area (Å²) in [7, 11) is 0. The first-order valence-corrected chi connectivity index (χ1v) is 9.31. The summed E-state index contributed by atoms with van der Waals surface area (Å²) in [5, 5.41) is 0. The van der Waals surface area contributed by atoms with Crippen molar-refractivity contribution in [2.45, 2.75) is 51.8 Å². The predicted molar refractivity (Wildman–Crippen MR) is 97.5 cm³/mol. The van der Waals surface area contributed by atoms with Gasteiger partial charge in [-0.05, 0) is 44.7 Å². The van der Waals surface area contributed by atoms with Gasteiger partial charge in [-0.3, -0.25) is 9.78 Å². The Labute approximate surface area is 153 Å². The van der Waals surface area contributed by atoms with Crippen molar-refractivity contribution in [3.63, 3.8) is 0 Å². The first-order valence-electron chi connectivity index (χ1n) is 9.31. The van der Waals surface area contributed by atoms with E-state index >= 15 is 0 Å². The van der Waals surface area contributed by atoms with Gasteiger partial charge in [0.15, 0.2) is 0 Å². The number of ether oxygens (including phenoxy) is 1. The highest BCUT2D eigenvalue weighted by Gasteiger charge is 2.31. The van der Waals surface area contributed by atoms with E-state index in [1.165, 1.54) is 6.42 Å². The van der Waals surface area contributed by atoms with Crippen LogP contribution in [0.15, 0.2) is 42.4 Å². The van der Waals surface area contributed by atoms with Crippen molar-refractivity contribution in [2.24, 2.45) is 0 Å². The lowest BCUT2D eigenvalue weighted by Gasteiger charge is -2.35. The minimum Gasteiger partial charge on any atom is -0.486 e. The highest BCUT2D eigenvalue weighted by Crippen LogP contribution is 2.29. The summed E-state index contributed by atoms with van der Waals surface area (Å²) < 4.78 is 7.99. The lowest BCUT2D eigenvalue weighted by atomic mass is 9.98. The van der Waals surface area contributed by atoms with Crippen molar-refractivity contribution in [1.82, 2.24) is 19.4 Å². The maximum atomic E-state index is 12.9. The number of amides is 1. The topological polar surface area (TPSA) is 60.3 Å². The molecule has 1 amide bonds. The molecule has 1 aliphatic carbocycles. The van der Waals surface area contributed by atoms with Crippen molar-refractivity contribution >= 4 is 5.91 Å². The molecule has 26 heavy (non-hydrogen) atoms. The molecule has 0 aromatic carbocycles. The molecule has 0 radical (unpaired) electrons. The number of imidazole rings is 1. The Morgan fingerprint density at radius 2 is 2.23 bits per heavy atom. The van der Waals surface area contributed by atoms with Crippen LogP contribution in [0, 0.1) is 0 Å². The van der Waals surface area contributed by atoms with Crippen molar-refractivity contribution in [2.75, 3.05) is 6.54 Å². The number of hydrogen-bond acceptors (Lipinski definition) is 4. The summed E-state index contributed by atoms with van der Waals surface area (Å²) in [6, 6.07) is 3.72. The summed E-state index contributed by atoms with van der Waals surface area (Å²) in [6.07, 6.45) is 11.6. The first kappa shape index (κ1) is 16.8. The van der Waals surface area contributed by atoms with Crippen molar-refractivity contribution < 1.29 is 9.53 Å². The smallest absolute Gasteiger partial charge is 0.250 e. The molecule has 6 nitrogen and oxygen atoms in total. The van der Waals surface area contributed by atoms with Crippen LogP contribution in [0.5, 0.6) is 5.75 Å². The fourth-order valence-corrected chi connectivity index (χ4v) is 3.76. The van der Waals surface area contributed by atoms with Crippen LogP contribution >= 0.6 is 0 Å². The van der Waals surface area contributed by atoms with Crippen LogP contribution in [0.4, 0.5) is 0 Å². The van der Waals surface area contributed by atoms with E-state index < -0.39 is 0 Å². The second-order valence-corrected chi connectivity index (χ2v) is 6.89. The van der Waals surface area contributed by atoms with Gasteiger partial charge in [0.2, 0.25) is 5.91 Å². The van der Waals surface area contributed by atoms with Gasteiger partial charge in [0, 0.05) is 24.9 Å². The fraction of sp³-hybridized carbons (Fsp3) is 0.450. The molecule has 2 aromatic rings. The number of pyridine rings is 1. The Bertz CT molecular complexity index is 812. The third kappa shape index (κ3) is 3.23. The summed E-state index contributed by atoms with van der Waals surface area (Å²) in [5.41, 5.74) is 2.00. The normalized spacial score (nSPS) is 19.7. The Hall–Kier alpha value is -2.63. The van der Waals surface area contributed by atoms with Gasteiger partial charge in [-0.25, -0.2) is 4.98 Å². The number of aromatic nitrogens is 3. The number of nitrogens with zero attached hydrogens (tertiary/aromatic N) is 4. The lowest BCUT2D eigenvalue weighted by Crippen LogP contribution is -2.42. The Kier molecular flexibility index (Phi) is 4.73. The number of fused-ring (bicyclic) bond motifs is 1. The zero-order chi connectivity index (χ0) is 17.9. The third-order valence-electron chi connectivity index (χ3n) is 5.22. The average molecular weight is 352 g/mol. The summed E-state index contributed by atoms with van der Waals surface area (Å²) in [6.45, 7) is 3.97. The molecule has 0 unspecified atom stereocenters. The van der Waals surface area contributed by atoms with E-state index in [0.29, 0.717) is 13.2 Å². The summed E-state index contributed by atoms with van der Waals surface area (Å²) >= 11 is 0. The molecule has 0 spiro atoms. The van der Waals surface area contributed by atoms with Crippen LogP contribution in [-0.2, 0) is 17.9 Å². The monoisotopic (exact) mass is 352 g/mol. The quantitative estimate of drug-likeness (QED) is 0.847. The van der Waals surface area contributed by atoms with Crippen LogP contribution in [0.1, 0.15) is 50.2 Å². The number of hydrogen-bond donors (Lipinski definition) is 0. The van der Waals surface area contributed by atoms with Crippen LogP contribution < -0.4 is 4.74 Å². The zero-order valence-corrected chi connectivity index (χ0v) is 15.1. The number of carbonyl (C=O) groups excluding carboxylic acids is 1. The highest BCUT2D eigenvalue weighted by atomic mass is 16.5. The van der Waals surface area contributed by atoms with Crippen LogP contribution in [0.2, 0.25) is 0 Å². The molecule has 0 saturated carbocycles. The van der Waals surface area contributed by atoms with E-state index in [-0.39, 0.29) is 11.9 Å². The van der Waals surface area contributed by atoms with Gasteiger partial charge < -0.3 is 14.2 Å². The van der Waals surface area contributed by atoms with Crippen molar-refractivity contribution in [3.8, 4) is 5.75 Å². The largest absolute Gasteiger partial charge is 0.486 e. The molecule has 1 atom stereocenters. The van der Waals surface area contributed by atoms with Gasteiger partial charge in [-0.2, -0.15) is 0 Å². The Balaban J connectivity index is 1.47. The van der Waals surface area contributed by atoms with E-state index in [1.807, 2.05) is 23.2 Å². The van der Waals surface area contributed by atoms with Gasteiger partial charge >= 0.3 is 0 Å². The van der Waals surface area contributed by atoms with E-state index in [2.05, 4.69) is 27.5 Å². The maximum absolute atomic E-state index is 12.9. The Morgan fingerprint density at radius 1 is 1.31 bits per heavy atom. The summed E-state index contributed by atoms with van der Waals surface area (Å²) in [4.78, 5) is 23.5. The molecular weight excluding hydrogens is 328 g/mol. The SMILES string of the molecule is C[C@H]1c2ncc(COc3cccnc3)n2CCN1C(=O)C1=CCCCC1. The molecular formula is C20H24N4O2. The summed E-state index contributed by atoms with van der Waals surface area (Å²) in [5.74, 6) is 1.86. The Morgan fingerprint density at radius 3 is 3.00 bits per heavy atom. The number of allylic oxidation sites excluding steroid dienone is 1.